The highest BCUT2D eigenvalue weighted by Crippen LogP contribution is 2.41. The SMILES string of the molecule is Cc1ccc(S(=O)(=O)OC2CC(=O)CC(O[Si](C)(C)C(C)(C)C)C2)cc1.Cc1ccc(S(=O)(=O)OC2CC(O)CC(O[Si](C)(C)C(C)(C)C)C2)cc1. The Morgan fingerprint density at radius 2 is 0.923 bits per heavy atom. The largest absolute Gasteiger partial charge is 0.414 e. The van der Waals surface area contributed by atoms with Crippen molar-refractivity contribution in [2.24, 2.45) is 0 Å². The van der Waals surface area contributed by atoms with Gasteiger partial charge in [0.25, 0.3) is 20.2 Å². The predicted octanol–water partition coefficient (Wildman–Crippen LogP) is 8.22. The van der Waals surface area contributed by atoms with E-state index in [-0.39, 0.29) is 44.3 Å². The molecule has 2 aromatic carbocycles. The molecule has 2 aliphatic rings. The Hall–Kier alpha value is -1.76. The highest BCUT2D eigenvalue weighted by atomic mass is 32.2. The molecule has 2 fully saturated rings. The van der Waals surface area contributed by atoms with Crippen molar-refractivity contribution in [1.82, 2.24) is 0 Å². The lowest BCUT2D eigenvalue weighted by Crippen LogP contribution is -2.47. The van der Waals surface area contributed by atoms with Crippen molar-refractivity contribution in [2.75, 3.05) is 0 Å². The minimum Gasteiger partial charge on any atom is -0.414 e. The first-order valence-corrected chi connectivity index (χ1v) is 26.8. The molecule has 0 bridgehead atoms. The van der Waals surface area contributed by atoms with Crippen LogP contribution < -0.4 is 0 Å². The van der Waals surface area contributed by atoms with Crippen LogP contribution in [0.5, 0.6) is 0 Å². The third-order valence-electron chi connectivity index (χ3n) is 10.7. The van der Waals surface area contributed by atoms with Crippen LogP contribution in [0.2, 0.25) is 36.3 Å². The molecular formula is C38H62O10S2Si2. The molecule has 5 unspecified atom stereocenters. The van der Waals surface area contributed by atoms with Gasteiger partial charge in [-0.3, -0.25) is 13.2 Å². The molecule has 1 N–H and O–H groups in total. The van der Waals surface area contributed by atoms with Crippen LogP contribution in [0.1, 0.15) is 91.2 Å². The van der Waals surface area contributed by atoms with Crippen molar-refractivity contribution in [3.63, 3.8) is 0 Å². The van der Waals surface area contributed by atoms with Gasteiger partial charge in [-0.1, -0.05) is 76.9 Å². The standard InChI is InChI=1S/C19H32O5SSi.C19H30O5SSi/c2*1-14-7-9-18(10-8-14)25(21,22)23-16-11-15(20)12-17(13-16)24-26(5,6)19(2,3)4/h7-10,15-17,20H,11-13H2,1-6H3;7-10,16-17H,11-13H2,1-6H3. The molecular weight excluding hydrogens is 737 g/mol. The van der Waals surface area contributed by atoms with Crippen LogP contribution in [-0.2, 0) is 42.2 Å². The number of aliphatic hydroxyl groups excluding tert-OH is 1. The van der Waals surface area contributed by atoms with E-state index in [4.69, 9.17) is 17.2 Å². The summed E-state index contributed by atoms with van der Waals surface area (Å²) in [6.45, 7) is 25.3. The van der Waals surface area contributed by atoms with Crippen LogP contribution in [0.25, 0.3) is 0 Å². The number of rotatable bonds is 10. The van der Waals surface area contributed by atoms with Crippen LogP contribution in [0.3, 0.4) is 0 Å². The molecule has 52 heavy (non-hydrogen) atoms. The summed E-state index contributed by atoms with van der Waals surface area (Å²) in [7, 11) is -11.8. The molecule has 14 heteroatoms. The van der Waals surface area contributed by atoms with Gasteiger partial charge in [0.05, 0.1) is 40.3 Å². The first-order chi connectivity index (χ1) is 23.6. The van der Waals surface area contributed by atoms with E-state index in [0.29, 0.717) is 32.1 Å². The summed E-state index contributed by atoms with van der Waals surface area (Å²) in [4.78, 5) is 12.4. The van der Waals surface area contributed by atoms with Crippen LogP contribution in [0.4, 0.5) is 0 Å². The van der Waals surface area contributed by atoms with E-state index in [1.54, 1.807) is 36.4 Å². The van der Waals surface area contributed by atoms with E-state index in [9.17, 15) is 26.7 Å². The lowest BCUT2D eigenvalue weighted by Gasteiger charge is -2.42. The predicted molar refractivity (Wildman–Crippen MR) is 209 cm³/mol. The van der Waals surface area contributed by atoms with E-state index < -0.39 is 55.2 Å². The summed E-state index contributed by atoms with van der Waals surface area (Å²) in [6.07, 6.45) is -0.140. The molecule has 2 aromatic rings. The van der Waals surface area contributed by atoms with Gasteiger partial charge in [0.2, 0.25) is 0 Å². The van der Waals surface area contributed by atoms with E-state index in [1.807, 2.05) is 13.8 Å². The monoisotopic (exact) mass is 798 g/mol. The number of carbonyl (C=O) groups excluding carboxylic acids is 1. The fraction of sp³-hybridized carbons (Fsp3) is 0.658. The Labute approximate surface area is 315 Å². The van der Waals surface area contributed by atoms with E-state index in [2.05, 4.69) is 67.7 Å². The molecule has 0 saturated heterocycles. The average Bonchev–Trinajstić information content (AvgIpc) is 2.95. The first-order valence-electron chi connectivity index (χ1n) is 18.2. The Bertz CT molecular complexity index is 1710. The Morgan fingerprint density at radius 3 is 1.35 bits per heavy atom. The molecule has 10 nitrogen and oxygen atoms in total. The van der Waals surface area contributed by atoms with E-state index in [0.717, 1.165) is 11.1 Å². The fourth-order valence-electron chi connectivity index (χ4n) is 5.64. The number of hydrogen-bond acceptors (Lipinski definition) is 10. The number of aliphatic hydroxyl groups is 1. The first kappa shape index (κ1) is 44.6. The Morgan fingerprint density at radius 1 is 0.577 bits per heavy atom. The van der Waals surface area contributed by atoms with Gasteiger partial charge in [-0.15, -0.1) is 0 Å². The Balaban J connectivity index is 0.000000280. The van der Waals surface area contributed by atoms with Gasteiger partial charge in [-0.2, -0.15) is 16.8 Å². The quantitative estimate of drug-likeness (QED) is 0.185. The average molecular weight is 799 g/mol. The third kappa shape index (κ3) is 12.7. The highest BCUT2D eigenvalue weighted by molar-refractivity contribution is 7.87. The van der Waals surface area contributed by atoms with Gasteiger partial charge in [0.1, 0.15) is 5.78 Å². The van der Waals surface area contributed by atoms with Gasteiger partial charge < -0.3 is 14.0 Å². The number of ketones is 1. The summed E-state index contributed by atoms with van der Waals surface area (Å²) in [5.74, 6) is -0.0101. The van der Waals surface area contributed by atoms with Gasteiger partial charge in [0.15, 0.2) is 16.6 Å². The fourth-order valence-corrected chi connectivity index (χ4v) is 10.6. The van der Waals surface area contributed by atoms with Gasteiger partial charge >= 0.3 is 0 Å². The van der Waals surface area contributed by atoms with Crippen LogP contribution in [0, 0.1) is 13.8 Å². The van der Waals surface area contributed by atoms with Gasteiger partial charge in [0, 0.05) is 32.1 Å². The molecule has 0 heterocycles. The molecule has 5 atom stereocenters. The summed E-state index contributed by atoms with van der Waals surface area (Å²) in [5, 5.41) is 10.3. The Kier molecular flexibility index (Phi) is 14.5. The van der Waals surface area contributed by atoms with Crippen LogP contribution in [0.15, 0.2) is 58.3 Å². The molecule has 294 valence electrons. The smallest absolute Gasteiger partial charge is 0.297 e. The van der Waals surface area contributed by atoms with Crippen molar-refractivity contribution in [2.45, 2.75) is 170 Å². The van der Waals surface area contributed by atoms with Crippen molar-refractivity contribution in [3.05, 3.63) is 59.7 Å². The zero-order chi connectivity index (χ0) is 39.5. The maximum absolute atomic E-state index is 12.5. The molecule has 0 spiro atoms. The minimum absolute atomic E-state index is 0.0101. The number of benzene rings is 2. The van der Waals surface area contributed by atoms with E-state index >= 15 is 0 Å². The van der Waals surface area contributed by atoms with Crippen molar-refractivity contribution < 1.29 is 44.0 Å². The second-order valence-corrected chi connectivity index (χ2v) is 30.2. The number of Topliss-reactive ketones (excluding diaryl/α,β-unsaturated/α-hetero) is 1. The molecule has 2 saturated carbocycles. The van der Waals surface area contributed by atoms with E-state index in [1.165, 1.54) is 12.1 Å². The summed E-state index contributed by atoms with van der Waals surface area (Å²) >= 11 is 0. The molecule has 0 aromatic heterocycles. The molecule has 4 rings (SSSR count). The number of hydrogen-bond donors (Lipinski definition) is 1. The molecule has 0 amide bonds. The number of carbonyl (C=O) groups is 1. The van der Waals surface area contributed by atoms with Crippen molar-refractivity contribution in [3.8, 4) is 0 Å². The third-order valence-corrected chi connectivity index (χ3v) is 22.5. The van der Waals surface area contributed by atoms with Gasteiger partial charge in [-0.05, 0) is 80.8 Å². The van der Waals surface area contributed by atoms with Gasteiger partial charge in [-0.25, -0.2) is 0 Å². The molecule has 0 aliphatic heterocycles. The topological polar surface area (TPSA) is 142 Å². The van der Waals surface area contributed by atoms with Crippen molar-refractivity contribution in [1.29, 1.82) is 0 Å². The van der Waals surface area contributed by atoms with Crippen LogP contribution >= 0.6 is 0 Å². The highest BCUT2D eigenvalue weighted by Gasteiger charge is 2.43. The number of aryl methyl sites for hydroxylation is 2. The molecule has 0 radical (unpaired) electrons. The zero-order valence-corrected chi connectivity index (χ0v) is 36.8. The zero-order valence-electron chi connectivity index (χ0n) is 33.2. The normalized spacial score (nSPS) is 23.9. The second-order valence-electron chi connectivity index (χ2n) is 17.5. The maximum atomic E-state index is 12.5. The second kappa shape index (κ2) is 16.9. The summed E-state index contributed by atoms with van der Waals surface area (Å²) in [6, 6.07) is 13.1. The van der Waals surface area contributed by atoms with Crippen LogP contribution in [-0.4, -0.2) is 74.9 Å². The summed E-state index contributed by atoms with van der Waals surface area (Å²) in [5.41, 5.74) is 1.96. The minimum atomic E-state index is -3.89. The van der Waals surface area contributed by atoms with Crippen molar-refractivity contribution >= 4 is 42.7 Å². The summed E-state index contributed by atoms with van der Waals surface area (Å²) < 4.78 is 73.6. The lowest BCUT2D eigenvalue weighted by atomic mass is 9.93. The molecule has 2 aliphatic carbocycles. The maximum Gasteiger partial charge on any atom is 0.297 e. The lowest BCUT2D eigenvalue weighted by molar-refractivity contribution is -0.125.